The molecule has 0 radical (unpaired) electrons. The van der Waals surface area contributed by atoms with Gasteiger partial charge in [0.05, 0.1) is 11.3 Å². The number of rotatable bonds is 5. The fraction of sp³-hybridized carbons (Fsp3) is 0.296. The zero-order valence-corrected chi connectivity index (χ0v) is 19.7. The highest BCUT2D eigenvalue weighted by Gasteiger charge is 2.35. The lowest BCUT2D eigenvalue weighted by Gasteiger charge is -2.24. The summed E-state index contributed by atoms with van der Waals surface area (Å²) in [5.41, 5.74) is -1.61. The summed E-state index contributed by atoms with van der Waals surface area (Å²) in [5.74, 6) is -4.55. The number of imidazole rings is 1. The van der Waals surface area contributed by atoms with Crippen LogP contribution < -0.4 is 0 Å². The van der Waals surface area contributed by atoms with Gasteiger partial charge >= 0.3 is 6.18 Å². The van der Waals surface area contributed by atoms with Crippen molar-refractivity contribution in [2.24, 2.45) is 0 Å². The second kappa shape index (κ2) is 8.96. The van der Waals surface area contributed by atoms with E-state index in [9.17, 15) is 31.4 Å². The average Bonchev–Trinajstić information content (AvgIpc) is 3.24. The topological polar surface area (TPSA) is 38.0 Å². The second-order valence-electron chi connectivity index (χ2n) is 9.43. The number of hydrogen-bond donors (Lipinski definition) is 1. The van der Waals surface area contributed by atoms with Crippen molar-refractivity contribution in [2.75, 3.05) is 0 Å². The molecule has 4 rings (SSSR count). The highest BCUT2D eigenvalue weighted by atomic mass is 19.4. The van der Waals surface area contributed by atoms with Crippen LogP contribution in [0.4, 0.5) is 26.3 Å². The first-order chi connectivity index (χ1) is 16.6. The summed E-state index contributed by atoms with van der Waals surface area (Å²) in [7, 11) is 0. The molecule has 3 nitrogen and oxygen atoms in total. The molecule has 9 heteroatoms. The van der Waals surface area contributed by atoms with Gasteiger partial charge in [0.2, 0.25) is 0 Å². The molecule has 0 fully saturated rings. The third kappa shape index (κ3) is 5.26. The van der Waals surface area contributed by atoms with Crippen molar-refractivity contribution in [2.45, 2.75) is 50.8 Å². The van der Waals surface area contributed by atoms with Gasteiger partial charge in [0.25, 0.3) is 5.92 Å². The fourth-order valence-electron chi connectivity index (χ4n) is 4.15. The maximum atomic E-state index is 14.1. The standard InChI is InChI=1S/C27H24F6N2O/c1-25(2,36)23-15-35(24(34-23)21-6-4-5-7-22(21)27(31,32)33)20-10-8-16(9-11-20)17-12-18(26(3,29)30)14-19(28)13-17/h4-11,13-15,17,36H,12H2,1-3H3. The Morgan fingerprint density at radius 2 is 1.58 bits per heavy atom. The Morgan fingerprint density at radius 1 is 0.944 bits per heavy atom. The van der Waals surface area contributed by atoms with E-state index in [0.29, 0.717) is 11.3 Å². The monoisotopic (exact) mass is 506 g/mol. The van der Waals surface area contributed by atoms with Crippen molar-refractivity contribution in [1.29, 1.82) is 0 Å². The number of benzene rings is 2. The predicted molar refractivity (Wildman–Crippen MR) is 124 cm³/mol. The molecule has 2 aromatic carbocycles. The quantitative estimate of drug-likeness (QED) is 0.360. The molecule has 1 atom stereocenters. The number of aliphatic hydroxyl groups is 1. The molecule has 3 aromatic rings. The van der Waals surface area contributed by atoms with Crippen LogP contribution in [0.1, 0.15) is 49.9 Å². The normalized spacial score (nSPS) is 17.1. The van der Waals surface area contributed by atoms with Crippen molar-refractivity contribution >= 4 is 0 Å². The van der Waals surface area contributed by atoms with Crippen LogP contribution in [0.15, 0.2) is 78.3 Å². The minimum absolute atomic E-state index is 0.0211. The molecule has 0 saturated heterocycles. The zero-order valence-electron chi connectivity index (χ0n) is 19.7. The van der Waals surface area contributed by atoms with E-state index < -0.39 is 35.0 Å². The highest BCUT2D eigenvalue weighted by Crippen LogP contribution is 2.40. The van der Waals surface area contributed by atoms with Crippen LogP contribution >= 0.6 is 0 Å². The molecule has 1 aliphatic rings. The van der Waals surface area contributed by atoms with Gasteiger partial charge in [-0.05, 0) is 56.2 Å². The largest absolute Gasteiger partial charge is 0.417 e. The van der Waals surface area contributed by atoms with Gasteiger partial charge in [0.15, 0.2) is 0 Å². The third-order valence-electron chi connectivity index (χ3n) is 6.08. The lowest BCUT2D eigenvalue weighted by atomic mass is 9.86. The van der Waals surface area contributed by atoms with Crippen molar-refractivity contribution in [3.8, 4) is 17.1 Å². The molecule has 1 unspecified atom stereocenters. The summed E-state index contributed by atoms with van der Waals surface area (Å²) in [4.78, 5) is 4.32. The second-order valence-corrected chi connectivity index (χ2v) is 9.43. The van der Waals surface area contributed by atoms with E-state index in [1.54, 1.807) is 24.3 Å². The number of nitrogens with zero attached hydrogens (tertiary/aromatic N) is 2. The van der Waals surface area contributed by atoms with Crippen LogP contribution in [0.2, 0.25) is 0 Å². The maximum absolute atomic E-state index is 14.1. The van der Waals surface area contributed by atoms with Gasteiger partial charge in [-0.1, -0.05) is 30.3 Å². The van der Waals surface area contributed by atoms with Crippen LogP contribution in [0.3, 0.4) is 0 Å². The predicted octanol–water partition coefficient (Wildman–Crippen LogP) is 7.71. The van der Waals surface area contributed by atoms with E-state index in [2.05, 4.69) is 4.98 Å². The molecule has 1 N–H and O–H groups in total. The number of halogens is 6. The third-order valence-corrected chi connectivity index (χ3v) is 6.08. The van der Waals surface area contributed by atoms with Gasteiger partial charge in [0.1, 0.15) is 17.3 Å². The van der Waals surface area contributed by atoms with Gasteiger partial charge in [0, 0.05) is 35.9 Å². The summed E-state index contributed by atoms with van der Waals surface area (Å²) in [6.45, 7) is 3.67. The lowest BCUT2D eigenvalue weighted by Crippen LogP contribution is -2.18. The first-order valence-corrected chi connectivity index (χ1v) is 11.2. The fourth-order valence-corrected chi connectivity index (χ4v) is 4.15. The van der Waals surface area contributed by atoms with Gasteiger partial charge in [-0.15, -0.1) is 0 Å². The maximum Gasteiger partial charge on any atom is 0.417 e. The molecule has 36 heavy (non-hydrogen) atoms. The van der Waals surface area contributed by atoms with Crippen LogP contribution in [0.5, 0.6) is 0 Å². The van der Waals surface area contributed by atoms with Gasteiger partial charge < -0.3 is 5.11 Å². The highest BCUT2D eigenvalue weighted by molar-refractivity contribution is 5.65. The Morgan fingerprint density at radius 3 is 2.17 bits per heavy atom. The molecule has 0 bridgehead atoms. The summed E-state index contributed by atoms with van der Waals surface area (Å²) < 4.78 is 84.3. The first kappa shape index (κ1) is 25.8. The summed E-state index contributed by atoms with van der Waals surface area (Å²) >= 11 is 0. The summed E-state index contributed by atoms with van der Waals surface area (Å²) in [6, 6.07) is 11.4. The van der Waals surface area contributed by atoms with E-state index in [0.717, 1.165) is 19.1 Å². The molecule has 0 amide bonds. The number of hydrogen-bond acceptors (Lipinski definition) is 2. The first-order valence-electron chi connectivity index (χ1n) is 11.2. The van der Waals surface area contributed by atoms with Crippen molar-refractivity contribution in [3.63, 3.8) is 0 Å². The Labute approximate surface area is 204 Å². The summed E-state index contributed by atoms with van der Waals surface area (Å²) in [6.07, 6.45) is -1.13. The van der Waals surface area contributed by atoms with Gasteiger partial charge in [-0.3, -0.25) is 4.57 Å². The number of alkyl halides is 5. The van der Waals surface area contributed by atoms with E-state index in [1.807, 2.05) is 0 Å². The smallest absolute Gasteiger partial charge is 0.384 e. The average molecular weight is 506 g/mol. The Hall–Kier alpha value is -3.33. The van der Waals surface area contributed by atoms with Gasteiger partial charge in [-0.2, -0.15) is 13.2 Å². The molecule has 0 aliphatic heterocycles. The van der Waals surface area contributed by atoms with E-state index in [4.69, 9.17) is 0 Å². The lowest BCUT2D eigenvalue weighted by molar-refractivity contribution is -0.137. The summed E-state index contributed by atoms with van der Waals surface area (Å²) in [5, 5.41) is 10.5. The van der Waals surface area contributed by atoms with Gasteiger partial charge in [-0.25, -0.2) is 18.2 Å². The van der Waals surface area contributed by atoms with E-state index in [-0.39, 0.29) is 29.1 Å². The van der Waals surface area contributed by atoms with Crippen LogP contribution in [-0.4, -0.2) is 20.6 Å². The SMILES string of the molecule is CC(F)(F)C1=CC(F)=CC(c2ccc(-n3cc(C(C)(C)O)nc3-c3ccccc3C(F)(F)F)cc2)C1. The molecule has 1 aliphatic carbocycles. The zero-order chi connectivity index (χ0) is 26.5. The van der Waals surface area contributed by atoms with Crippen LogP contribution in [-0.2, 0) is 11.8 Å². The molecule has 0 spiro atoms. The number of aromatic nitrogens is 2. The van der Waals surface area contributed by atoms with E-state index in [1.165, 1.54) is 48.9 Å². The minimum atomic E-state index is -4.63. The molecular formula is C27H24F6N2O. The van der Waals surface area contributed by atoms with Crippen LogP contribution in [0, 0.1) is 0 Å². The number of allylic oxidation sites excluding steroid dienone is 4. The van der Waals surface area contributed by atoms with Crippen molar-refractivity contribution in [3.05, 3.63) is 95.1 Å². The van der Waals surface area contributed by atoms with Crippen molar-refractivity contribution in [1.82, 2.24) is 9.55 Å². The Kier molecular flexibility index (Phi) is 6.41. The molecule has 1 heterocycles. The Bertz CT molecular complexity index is 1320. The molecular weight excluding hydrogens is 482 g/mol. The molecule has 0 saturated carbocycles. The molecule has 190 valence electrons. The van der Waals surface area contributed by atoms with E-state index >= 15 is 0 Å². The van der Waals surface area contributed by atoms with Crippen LogP contribution in [0.25, 0.3) is 17.1 Å². The minimum Gasteiger partial charge on any atom is -0.384 e. The van der Waals surface area contributed by atoms with Crippen molar-refractivity contribution < 1.29 is 31.4 Å². The Balaban J connectivity index is 1.77. The molecule has 1 aromatic heterocycles.